The summed E-state index contributed by atoms with van der Waals surface area (Å²) in [5.74, 6) is 0.147. The molecule has 12 heteroatoms. The number of hydrogen-bond acceptors (Lipinski definition) is 10. The highest BCUT2D eigenvalue weighted by Gasteiger charge is 2.35. The number of methoxy groups -OCH3 is 1. The minimum atomic E-state index is -0.836. The summed E-state index contributed by atoms with van der Waals surface area (Å²) < 4.78 is 30.6. The number of ether oxygens (including phenoxy) is 5. The fraction of sp³-hybridized carbons (Fsp3) is 0.355. The van der Waals surface area contributed by atoms with Crippen LogP contribution in [-0.2, 0) is 19.1 Å². The Balaban J connectivity index is 1.95. The maximum atomic E-state index is 14.2. The molecule has 1 aliphatic rings. The van der Waals surface area contributed by atoms with Crippen molar-refractivity contribution < 1.29 is 33.3 Å². The highest BCUT2D eigenvalue weighted by molar-refractivity contribution is 14.1. The van der Waals surface area contributed by atoms with Crippen molar-refractivity contribution in [3.05, 3.63) is 82.1 Å². The standard InChI is InChI=1S/C31H33IN2O8S/c1-7-39-25(35)16-41-28-19(13-20(32)15-23(28)38-6)14-24-29(36)34-27(21-11-9-10-12-22(21)42-17(3)4)26(30(37)40-8-2)18(5)33-31(34)43-24/h9-15,17,27H,7-8,16H2,1-6H3/b24-14-/t27-/m1/s1. The van der Waals surface area contributed by atoms with Crippen molar-refractivity contribution in [1.82, 2.24) is 4.57 Å². The predicted molar refractivity (Wildman–Crippen MR) is 170 cm³/mol. The van der Waals surface area contributed by atoms with Gasteiger partial charge >= 0.3 is 11.9 Å². The van der Waals surface area contributed by atoms with E-state index in [2.05, 4.69) is 27.6 Å². The molecule has 1 aromatic heterocycles. The molecular weight excluding hydrogens is 687 g/mol. The molecule has 4 rings (SSSR count). The lowest BCUT2D eigenvalue weighted by atomic mass is 9.95. The summed E-state index contributed by atoms with van der Waals surface area (Å²) in [7, 11) is 1.50. The first kappa shape index (κ1) is 32.3. The molecule has 0 fully saturated rings. The van der Waals surface area contributed by atoms with Gasteiger partial charge in [0.05, 0.1) is 42.2 Å². The second kappa shape index (κ2) is 14.2. The third-order valence-corrected chi connectivity index (χ3v) is 7.89. The van der Waals surface area contributed by atoms with Crippen LogP contribution in [0.15, 0.2) is 57.5 Å². The first-order valence-electron chi connectivity index (χ1n) is 13.7. The second-order valence-electron chi connectivity index (χ2n) is 9.63. The maximum Gasteiger partial charge on any atom is 0.344 e. The van der Waals surface area contributed by atoms with Crippen LogP contribution >= 0.6 is 33.9 Å². The molecule has 1 atom stereocenters. The van der Waals surface area contributed by atoms with E-state index in [1.807, 2.05) is 44.2 Å². The molecule has 0 saturated heterocycles. The number of aromatic nitrogens is 1. The van der Waals surface area contributed by atoms with Gasteiger partial charge in [0, 0.05) is 14.7 Å². The number of fused-ring (bicyclic) bond motifs is 1. The van der Waals surface area contributed by atoms with Gasteiger partial charge in [-0.1, -0.05) is 29.5 Å². The number of rotatable bonds is 11. The largest absolute Gasteiger partial charge is 0.493 e. The van der Waals surface area contributed by atoms with Gasteiger partial charge in [-0.25, -0.2) is 14.6 Å². The number of para-hydroxylation sites is 1. The smallest absolute Gasteiger partial charge is 0.344 e. The summed E-state index contributed by atoms with van der Waals surface area (Å²) in [4.78, 5) is 44.6. The number of carbonyl (C=O) groups excluding carboxylic acids is 2. The minimum Gasteiger partial charge on any atom is -0.493 e. The van der Waals surface area contributed by atoms with Crippen molar-refractivity contribution in [2.45, 2.75) is 46.8 Å². The monoisotopic (exact) mass is 720 g/mol. The van der Waals surface area contributed by atoms with Crippen molar-refractivity contribution in [1.29, 1.82) is 0 Å². The fourth-order valence-electron chi connectivity index (χ4n) is 4.63. The summed E-state index contributed by atoms with van der Waals surface area (Å²) in [6.07, 6.45) is 1.53. The van der Waals surface area contributed by atoms with Crippen LogP contribution in [0, 0.1) is 3.57 Å². The van der Waals surface area contributed by atoms with E-state index >= 15 is 0 Å². The molecule has 2 heterocycles. The van der Waals surface area contributed by atoms with Gasteiger partial charge in [-0.2, -0.15) is 0 Å². The van der Waals surface area contributed by atoms with Crippen molar-refractivity contribution in [2.75, 3.05) is 26.9 Å². The van der Waals surface area contributed by atoms with E-state index in [9.17, 15) is 14.4 Å². The average molecular weight is 721 g/mol. The Bertz CT molecular complexity index is 1740. The van der Waals surface area contributed by atoms with Crippen molar-refractivity contribution in [3.8, 4) is 17.2 Å². The summed E-state index contributed by atoms with van der Waals surface area (Å²) in [5.41, 5.74) is 1.51. The maximum absolute atomic E-state index is 14.2. The van der Waals surface area contributed by atoms with Gasteiger partial charge in [-0.05, 0) is 81.5 Å². The number of esters is 2. The molecule has 1 aliphatic heterocycles. The molecule has 228 valence electrons. The molecule has 0 aliphatic carbocycles. The number of thiazole rings is 1. The molecule has 0 N–H and O–H groups in total. The Labute approximate surface area is 266 Å². The number of carbonyl (C=O) groups is 2. The molecular formula is C31H33IN2O8S. The van der Waals surface area contributed by atoms with Crippen LogP contribution < -0.4 is 29.1 Å². The van der Waals surface area contributed by atoms with Crippen LogP contribution in [0.1, 0.15) is 51.8 Å². The molecule has 3 aromatic rings. The molecule has 0 spiro atoms. The van der Waals surface area contributed by atoms with E-state index < -0.39 is 18.0 Å². The molecule has 0 radical (unpaired) electrons. The number of hydrogen-bond donors (Lipinski definition) is 0. The number of nitrogens with zero attached hydrogens (tertiary/aromatic N) is 2. The third-order valence-electron chi connectivity index (χ3n) is 6.29. The topological polar surface area (TPSA) is 115 Å². The number of halogens is 1. The molecule has 0 amide bonds. The Kier molecular flexibility index (Phi) is 10.7. The Morgan fingerprint density at radius 3 is 2.51 bits per heavy atom. The molecule has 10 nitrogen and oxygen atoms in total. The molecule has 43 heavy (non-hydrogen) atoms. The second-order valence-corrected chi connectivity index (χ2v) is 11.9. The zero-order valence-corrected chi connectivity index (χ0v) is 27.7. The van der Waals surface area contributed by atoms with Gasteiger partial charge in [0.1, 0.15) is 11.8 Å². The SMILES string of the molecule is CCOC(=O)COc1c(/C=c2\sc3n(c2=O)[C@H](c2ccccc2OC(C)C)C(C(=O)OCC)=C(C)N=3)cc(I)cc1OC. The predicted octanol–water partition coefficient (Wildman–Crippen LogP) is 4.14. The molecule has 0 unspecified atom stereocenters. The number of allylic oxidation sites excluding steroid dienone is 1. The number of benzene rings is 2. The van der Waals surface area contributed by atoms with Crippen LogP contribution in [0.3, 0.4) is 0 Å². The van der Waals surface area contributed by atoms with Crippen molar-refractivity contribution in [3.63, 3.8) is 0 Å². The minimum absolute atomic E-state index is 0.142. The molecule has 0 bridgehead atoms. The van der Waals surface area contributed by atoms with Crippen LogP contribution in [0.4, 0.5) is 0 Å². The van der Waals surface area contributed by atoms with Gasteiger partial charge in [0.2, 0.25) is 0 Å². The van der Waals surface area contributed by atoms with Crippen LogP contribution in [0.5, 0.6) is 17.2 Å². The Morgan fingerprint density at radius 2 is 1.84 bits per heavy atom. The Hall–Kier alpha value is -3.65. The summed E-state index contributed by atoms with van der Waals surface area (Å²) in [6, 6.07) is 10.1. The van der Waals surface area contributed by atoms with E-state index in [0.29, 0.717) is 37.7 Å². The zero-order chi connectivity index (χ0) is 31.3. The van der Waals surface area contributed by atoms with Gasteiger partial charge in [-0.15, -0.1) is 0 Å². The van der Waals surface area contributed by atoms with Crippen molar-refractivity contribution >= 4 is 51.9 Å². The van der Waals surface area contributed by atoms with Crippen molar-refractivity contribution in [2.24, 2.45) is 4.99 Å². The van der Waals surface area contributed by atoms with Crippen LogP contribution in [-0.4, -0.2) is 49.5 Å². The summed E-state index contributed by atoms with van der Waals surface area (Å²) in [5, 5.41) is 0. The van der Waals surface area contributed by atoms with E-state index in [1.165, 1.54) is 23.0 Å². The lowest BCUT2D eigenvalue weighted by Gasteiger charge is -2.26. The molecule has 0 saturated carbocycles. The first-order valence-corrected chi connectivity index (χ1v) is 15.6. The normalized spacial score (nSPS) is 14.7. The zero-order valence-electron chi connectivity index (χ0n) is 24.8. The van der Waals surface area contributed by atoms with E-state index in [1.54, 1.807) is 32.9 Å². The molecule has 2 aromatic carbocycles. The van der Waals surface area contributed by atoms with Gasteiger partial charge < -0.3 is 23.7 Å². The summed E-state index contributed by atoms with van der Waals surface area (Å²) in [6.45, 7) is 9.05. The van der Waals surface area contributed by atoms with Crippen LogP contribution in [0.2, 0.25) is 0 Å². The highest BCUT2D eigenvalue weighted by atomic mass is 127. The van der Waals surface area contributed by atoms with Gasteiger partial charge in [0.25, 0.3) is 5.56 Å². The van der Waals surface area contributed by atoms with E-state index in [-0.39, 0.29) is 42.8 Å². The fourth-order valence-corrected chi connectivity index (χ4v) is 6.29. The highest BCUT2D eigenvalue weighted by Crippen LogP contribution is 2.37. The Morgan fingerprint density at radius 1 is 1.12 bits per heavy atom. The van der Waals surface area contributed by atoms with E-state index in [0.717, 1.165) is 3.57 Å². The van der Waals surface area contributed by atoms with E-state index in [4.69, 9.17) is 23.7 Å². The summed E-state index contributed by atoms with van der Waals surface area (Å²) >= 11 is 3.32. The van der Waals surface area contributed by atoms with Gasteiger partial charge in [0.15, 0.2) is 22.9 Å². The first-order chi connectivity index (χ1) is 20.6. The van der Waals surface area contributed by atoms with Gasteiger partial charge in [-0.3, -0.25) is 9.36 Å². The lowest BCUT2D eigenvalue weighted by molar-refractivity contribution is -0.145. The lowest BCUT2D eigenvalue weighted by Crippen LogP contribution is -2.40. The average Bonchev–Trinajstić information content (AvgIpc) is 3.25. The quantitative estimate of drug-likeness (QED) is 0.215. The van der Waals surface area contributed by atoms with Crippen LogP contribution in [0.25, 0.3) is 6.08 Å². The third kappa shape index (κ3) is 7.12.